The number of hydrogen-bond acceptors (Lipinski definition) is 10. The van der Waals surface area contributed by atoms with Crippen LogP contribution in [0.4, 0.5) is 4.79 Å². The first kappa shape index (κ1) is 36.5. The van der Waals surface area contributed by atoms with E-state index in [2.05, 4.69) is 28.6 Å². The van der Waals surface area contributed by atoms with Crippen LogP contribution in [0, 0.1) is 5.92 Å². The van der Waals surface area contributed by atoms with Gasteiger partial charge in [-0.05, 0) is 75.0 Å². The molecule has 0 aromatic carbocycles. The van der Waals surface area contributed by atoms with Crippen LogP contribution in [0.2, 0.25) is 0 Å². The van der Waals surface area contributed by atoms with Gasteiger partial charge in [-0.15, -0.1) is 0 Å². The lowest BCUT2D eigenvalue weighted by Crippen LogP contribution is -2.52. The molecule has 0 bridgehead atoms. The Kier molecular flexibility index (Phi) is 14.0. The predicted octanol–water partition coefficient (Wildman–Crippen LogP) is 5.38. The fraction of sp³-hybridized carbons (Fsp3) is 0.618. The van der Waals surface area contributed by atoms with E-state index in [1.54, 1.807) is 33.9 Å². The first-order valence-corrected chi connectivity index (χ1v) is 18.4. The van der Waals surface area contributed by atoms with Gasteiger partial charge in [-0.25, -0.2) is 9.78 Å². The molecule has 3 fully saturated rings. The number of carbonyl (C=O) groups excluding carboxylic acids is 2. The van der Waals surface area contributed by atoms with E-state index in [0.29, 0.717) is 13.0 Å². The van der Waals surface area contributed by atoms with Gasteiger partial charge in [0.05, 0.1) is 31.0 Å². The molecule has 3 aliphatic heterocycles. The van der Waals surface area contributed by atoms with Gasteiger partial charge >= 0.3 is 6.09 Å². The summed E-state index contributed by atoms with van der Waals surface area (Å²) in [6, 6.07) is 5.74. The van der Waals surface area contributed by atoms with Crippen molar-refractivity contribution in [2.24, 2.45) is 5.92 Å². The number of nitrogens with zero attached hydrogens (tertiary/aromatic N) is 1. The van der Waals surface area contributed by atoms with Crippen LogP contribution in [-0.4, -0.2) is 89.3 Å². The van der Waals surface area contributed by atoms with E-state index in [9.17, 15) is 14.7 Å². The summed E-state index contributed by atoms with van der Waals surface area (Å²) >= 11 is 0. The van der Waals surface area contributed by atoms with E-state index in [0.717, 1.165) is 29.9 Å². The van der Waals surface area contributed by atoms with Gasteiger partial charge in [-0.3, -0.25) is 4.79 Å². The highest BCUT2D eigenvalue weighted by Gasteiger charge is 2.58. The zero-order chi connectivity index (χ0) is 33.1. The average molecular weight is 676 g/mol. The smallest absolute Gasteiger partial charge is 0.407 e. The zero-order valence-corrected chi connectivity index (χ0v) is 29.1. The largest absolute Gasteiger partial charge is 0.448 e. The van der Waals surface area contributed by atoms with Crippen molar-refractivity contribution in [3.8, 4) is 0 Å². The van der Waals surface area contributed by atoms with E-state index in [1.165, 1.54) is 0 Å². The molecular weight excluding hydrogens is 627 g/mol. The lowest BCUT2D eigenvalue weighted by Gasteiger charge is -2.39. The summed E-state index contributed by atoms with van der Waals surface area (Å²) in [5.41, 5.74) is 0.386. The molecular formula is C34H49N3O7S2. The number of ether oxygens (including phenoxy) is 4. The Morgan fingerprint density at radius 1 is 1.26 bits per heavy atom. The number of aromatic nitrogens is 1. The summed E-state index contributed by atoms with van der Waals surface area (Å²) < 4.78 is 23.6. The second-order valence-corrected chi connectivity index (χ2v) is 15.1. The van der Waals surface area contributed by atoms with Crippen molar-refractivity contribution < 1.29 is 33.6 Å². The van der Waals surface area contributed by atoms with Gasteiger partial charge in [0.2, 0.25) is 5.91 Å². The van der Waals surface area contributed by atoms with Crippen molar-refractivity contribution in [3.05, 3.63) is 60.3 Å². The molecule has 4 unspecified atom stereocenters. The number of allylic oxidation sites excluding steroid dienone is 3. The highest BCUT2D eigenvalue weighted by molar-refractivity contribution is 8.76. The minimum atomic E-state index is -0.795. The second-order valence-electron chi connectivity index (χ2n) is 12.4. The maximum absolute atomic E-state index is 12.4. The Bertz CT molecular complexity index is 1230. The Morgan fingerprint density at radius 3 is 2.78 bits per heavy atom. The minimum Gasteiger partial charge on any atom is -0.448 e. The van der Waals surface area contributed by atoms with Crippen molar-refractivity contribution in [3.63, 3.8) is 0 Å². The first-order chi connectivity index (χ1) is 22.1. The molecule has 0 radical (unpaired) electrons. The lowest BCUT2D eigenvalue weighted by atomic mass is 9.87. The number of aliphatic hydroxyl groups excluding tert-OH is 1. The fourth-order valence-electron chi connectivity index (χ4n) is 5.58. The molecule has 10 nitrogen and oxygen atoms in total. The molecule has 3 N–H and O–H groups in total. The molecule has 12 heteroatoms. The van der Waals surface area contributed by atoms with Gasteiger partial charge in [-0.1, -0.05) is 60.6 Å². The van der Waals surface area contributed by atoms with Gasteiger partial charge in [0, 0.05) is 24.4 Å². The van der Waals surface area contributed by atoms with Gasteiger partial charge in [0.25, 0.3) is 0 Å². The topological polar surface area (TPSA) is 132 Å². The van der Waals surface area contributed by atoms with E-state index < -0.39 is 23.9 Å². The number of rotatable bonds is 14. The second kappa shape index (κ2) is 17.7. The zero-order valence-electron chi connectivity index (χ0n) is 27.4. The molecule has 3 saturated heterocycles. The third-order valence-electron chi connectivity index (χ3n) is 8.42. The summed E-state index contributed by atoms with van der Waals surface area (Å²) in [5.74, 6) is 0.209. The summed E-state index contributed by atoms with van der Waals surface area (Å²) in [4.78, 5) is 28.8. The molecule has 0 saturated carbocycles. The van der Waals surface area contributed by atoms with E-state index in [1.807, 2.05) is 64.1 Å². The Balaban J connectivity index is 1.21. The molecule has 4 heterocycles. The molecule has 4 rings (SSSR count). The summed E-state index contributed by atoms with van der Waals surface area (Å²) in [6.45, 7) is 11.2. The fourth-order valence-corrected chi connectivity index (χ4v) is 7.46. The van der Waals surface area contributed by atoms with Crippen molar-refractivity contribution in [2.45, 2.75) is 113 Å². The molecule has 254 valence electrons. The van der Waals surface area contributed by atoms with Crippen LogP contribution < -0.4 is 10.6 Å². The van der Waals surface area contributed by atoms with E-state index >= 15 is 0 Å². The van der Waals surface area contributed by atoms with E-state index in [4.69, 9.17) is 18.9 Å². The van der Waals surface area contributed by atoms with Crippen LogP contribution in [0.15, 0.2) is 65.4 Å². The minimum absolute atomic E-state index is 0.0132. The third kappa shape index (κ3) is 11.1. The molecule has 3 aliphatic rings. The number of epoxide rings is 1. The van der Waals surface area contributed by atoms with Gasteiger partial charge in [-0.2, -0.15) is 0 Å². The van der Waals surface area contributed by atoms with Gasteiger partial charge in [0.1, 0.15) is 29.4 Å². The first-order valence-electron chi connectivity index (χ1n) is 16.2. The SMILES string of the molecule is CC/C=C\C(=O)N[C@@H]1C[C@H](C)[C@H](C/C=C(C)/C=C/C2OC(CNC(=O)OC[C@@H](C)SSc3ccccn3)CC3(CO3)C2O)O[C@@H]1C. The summed E-state index contributed by atoms with van der Waals surface area (Å²) in [6.07, 6.45) is 11.8. The molecule has 1 spiro atoms. The molecule has 9 atom stereocenters. The number of hydrogen-bond donors (Lipinski definition) is 3. The maximum Gasteiger partial charge on any atom is 0.407 e. The van der Waals surface area contributed by atoms with Crippen molar-refractivity contribution in [2.75, 3.05) is 19.8 Å². The average Bonchev–Trinajstić information content (AvgIpc) is 3.82. The van der Waals surface area contributed by atoms with Crippen LogP contribution in [0.3, 0.4) is 0 Å². The number of amides is 2. The molecule has 2 amide bonds. The van der Waals surface area contributed by atoms with Gasteiger partial charge in [0.15, 0.2) is 0 Å². The molecule has 1 aromatic heterocycles. The summed E-state index contributed by atoms with van der Waals surface area (Å²) in [7, 11) is 3.14. The Labute approximate surface area is 280 Å². The number of nitrogens with one attached hydrogen (secondary N) is 2. The lowest BCUT2D eigenvalue weighted by molar-refractivity contribution is -0.130. The van der Waals surface area contributed by atoms with Crippen LogP contribution in [0.1, 0.15) is 60.3 Å². The van der Waals surface area contributed by atoms with Crippen molar-refractivity contribution >= 4 is 33.6 Å². The molecule has 46 heavy (non-hydrogen) atoms. The highest BCUT2D eigenvalue weighted by Crippen LogP contribution is 2.42. The molecule has 0 aliphatic carbocycles. The standard InChI is InChI=1S/C34H49N3O7S2/c1-6-7-10-30(38)37-27-17-23(3)28(43-25(27)5)14-12-22(2)13-15-29-32(39)34(21-42-34)18-26(44-29)19-36-33(40)41-20-24(4)45-46-31-11-8-9-16-35-31/h7-13,15-16,23-29,32,39H,6,14,17-21H2,1-5H3,(H,36,40)(H,37,38)/b10-7-,15-13+,22-12+/t23-,24+,25+,26?,27+,28-,29?,32?,34?/m0/s1. The van der Waals surface area contributed by atoms with Crippen LogP contribution in [0.5, 0.6) is 0 Å². The van der Waals surface area contributed by atoms with E-state index in [-0.39, 0.29) is 54.6 Å². The molecule has 1 aromatic rings. The number of carbonyl (C=O) groups is 2. The Hall–Kier alpha value is -2.35. The van der Waals surface area contributed by atoms with Crippen LogP contribution in [0.25, 0.3) is 0 Å². The van der Waals surface area contributed by atoms with Gasteiger partial charge < -0.3 is 34.7 Å². The normalized spacial score (nSPS) is 32.0. The number of alkyl carbamates (subject to hydrolysis) is 1. The van der Waals surface area contributed by atoms with Crippen molar-refractivity contribution in [1.29, 1.82) is 0 Å². The van der Waals surface area contributed by atoms with Crippen LogP contribution in [-0.2, 0) is 23.7 Å². The van der Waals surface area contributed by atoms with Crippen LogP contribution >= 0.6 is 21.6 Å². The third-order valence-corrected chi connectivity index (χ3v) is 11.2. The Morgan fingerprint density at radius 2 is 2.07 bits per heavy atom. The number of pyridine rings is 1. The maximum atomic E-state index is 12.4. The highest BCUT2D eigenvalue weighted by atomic mass is 33.1. The predicted molar refractivity (Wildman–Crippen MR) is 181 cm³/mol. The summed E-state index contributed by atoms with van der Waals surface area (Å²) in [5, 5.41) is 17.9. The van der Waals surface area contributed by atoms with Crippen molar-refractivity contribution in [1.82, 2.24) is 15.6 Å². The quantitative estimate of drug-likeness (QED) is 0.102. The number of aliphatic hydroxyl groups is 1. The monoisotopic (exact) mass is 675 g/mol.